The van der Waals surface area contributed by atoms with Crippen LogP contribution in [-0.2, 0) is 6.54 Å². The van der Waals surface area contributed by atoms with Gasteiger partial charge < -0.3 is 24.4 Å². The standard InChI is InChI=1S/C31H39N3O4/c1-22-18-34(23(2)21-35)31(36)27-12-9-13-28(32(3)4)30(27)38-29(22)20-33(5)19-24-14-16-26(17-15-24)37-25-10-7-6-8-11-25/h6-17,22-23,29,35H,18-21H2,1-5H3/t22-,23+,29+/m0/s1. The molecule has 7 heteroatoms. The van der Waals surface area contributed by atoms with E-state index in [0.29, 0.717) is 24.4 Å². The van der Waals surface area contributed by atoms with Gasteiger partial charge in [-0.05, 0) is 55.9 Å². The van der Waals surface area contributed by atoms with Gasteiger partial charge in [-0.3, -0.25) is 9.69 Å². The van der Waals surface area contributed by atoms with E-state index in [9.17, 15) is 9.90 Å². The summed E-state index contributed by atoms with van der Waals surface area (Å²) >= 11 is 0. The van der Waals surface area contributed by atoms with E-state index in [1.54, 1.807) is 4.90 Å². The Kier molecular flexibility index (Phi) is 8.92. The number of rotatable bonds is 9. The van der Waals surface area contributed by atoms with E-state index in [2.05, 4.69) is 31.0 Å². The average Bonchev–Trinajstić information content (AvgIpc) is 2.91. The molecule has 0 bridgehead atoms. The number of aliphatic hydroxyl groups is 1. The van der Waals surface area contributed by atoms with E-state index in [-0.39, 0.29) is 30.6 Å². The largest absolute Gasteiger partial charge is 0.486 e. The summed E-state index contributed by atoms with van der Waals surface area (Å²) in [7, 11) is 5.99. The summed E-state index contributed by atoms with van der Waals surface area (Å²) in [6, 6.07) is 23.3. The highest BCUT2D eigenvalue weighted by atomic mass is 16.5. The number of hydrogen-bond acceptors (Lipinski definition) is 6. The zero-order chi connectivity index (χ0) is 27.2. The highest BCUT2D eigenvalue weighted by Gasteiger charge is 2.34. The summed E-state index contributed by atoms with van der Waals surface area (Å²) < 4.78 is 12.6. The number of amides is 1. The van der Waals surface area contributed by atoms with Crippen molar-refractivity contribution in [1.82, 2.24) is 9.80 Å². The van der Waals surface area contributed by atoms with Crippen molar-refractivity contribution in [1.29, 1.82) is 0 Å². The predicted octanol–water partition coefficient (Wildman–Crippen LogP) is 4.90. The van der Waals surface area contributed by atoms with Crippen LogP contribution in [0.5, 0.6) is 17.2 Å². The molecule has 1 N–H and O–H groups in total. The lowest BCUT2D eigenvalue weighted by atomic mass is 9.98. The average molecular weight is 518 g/mol. The third-order valence-corrected chi connectivity index (χ3v) is 7.00. The predicted molar refractivity (Wildman–Crippen MR) is 151 cm³/mol. The Hall–Kier alpha value is -3.55. The van der Waals surface area contributed by atoms with Crippen molar-refractivity contribution in [2.45, 2.75) is 32.5 Å². The first-order valence-electron chi connectivity index (χ1n) is 13.2. The maximum Gasteiger partial charge on any atom is 0.258 e. The van der Waals surface area contributed by atoms with Crippen LogP contribution in [0.4, 0.5) is 5.69 Å². The van der Waals surface area contributed by atoms with Gasteiger partial charge in [0, 0.05) is 39.6 Å². The maximum atomic E-state index is 13.5. The second-order valence-electron chi connectivity index (χ2n) is 10.4. The smallest absolute Gasteiger partial charge is 0.258 e. The van der Waals surface area contributed by atoms with Gasteiger partial charge in [-0.25, -0.2) is 0 Å². The molecule has 0 unspecified atom stereocenters. The summed E-state index contributed by atoms with van der Waals surface area (Å²) in [6.45, 7) is 5.85. The second-order valence-corrected chi connectivity index (χ2v) is 10.4. The first kappa shape index (κ1) is 27.5. The second kappa shape index (κ2) is 12.3. The molecule has 4 rings (SSSR count). The fourth-order valence-electron chi connectivity index (χ4n) is 4.77. The van der Waals surface area contributed by atoms with Gasteiger partial charge in [-0.15, -0.1) is 0 Å². The topological polar surface area (TPSA) is 65.5 Å². The van der Waals surface area contributed by atoms with E-state index in [4.69, 9.17) is 9.47 Å². The van der Waals surface area contributed by atoms with Gasteiger partial charge in [0.1, 0.15) is 17.6 Å². The van der Waals surface area contributed by atoms with Crippen LogP contribution in [0.2, 0.25) is 0 Å². The number of para-hydroxylation sites is 2. The van der Waals surface area contributed by atoms with Crippen molar-refractivity contribution in [2.24, 2.45) is 5.92 Å². The van der Waals surface area contributed by atoms with Crippen molar-refractivity contribution in [2.75, 3.05) is 45.7 Å². The van der Waals surface area contributed by atoms with Crippen molar-refractivity contribution in [3.05, 3.63) is 83.9 Å². The minimum absolute atomic E-state index is 0.0559. The first-order valence-corrected chi connectivity index (χ1v) is 13.2. The van der Waals surface area contributed by atoms with Crippen LogP contribution >= 0.6 is 0 Å². The zero-order valence-corrected chi connectivity index (χ0v) is 23.0. The van der Waals surface area contributed by atoms with E-state index < -0.39 is 0 Å². The molecule has 7 nitrogen and oxygen atoms in total. The Balaban J connectivity index is 1.51. The molecule has 0 aromatic heterocycles. The lowest BCUT2D eigenvalue weighted by Crippen LogP contribution is -2.49. The number of fused-ring (bicyclic) bond motifs is 1. The van der Waals surface area contributed by atoms with Gasteiger partial charge in [-0.1, -0.05) is 43.3 Å². The molecule has 3 aromatic rings. The summed E-state index contributed by atoms with van der Waals surface area (Å²) in [4.78, 5) is 19.5. The molecule has 38 heavy (non-hydrogen) atoms. The van der Waals surface area contributed by atoms with Crippen LogP contribution in [0.1, 0.15) is 29.8 Å². The fourth-order valence-corrected chi connectivity index (χ4v) is 4.77. The Morgan fingerprint density at radius 3 is 2.34 bits per heavy atom. The third kappa shape index (κ3) is 6.47. The Morgan fingerprint density at radius 2 is 1.68 bits per heavy atom. The number of ether oxygens (including phenoxy) is 2. The summed E-state index contributed by atoms with van der Waals surface area (Å²) in [6.07, 6.45) is -0.151. The zero-order valence-electron chi connectivity index (χ0n) is 23.0. The van der Waals surface area contributed by atoms with Gasteiger partial charge in [0.2, 0.25) is 0 Å². The van der Waals surface area contributed by atoms with Crippen LogP contribution in [0, 0.1) is 5.92 Å². The van der Waals surface area contributed by atoms with E-state index in [1.165, 1.54) is 5.56 Å². The van der Waals surface area contributed by atoms with Crippen LogP contribution in [0.3, 0.4) is 0 Å². The number of likely N-dealkylation sites (N-methyl/N-ethyl adjacent to an activating group) is 1. The van der Waals surface area contributed by atoms with Crippen molar-refractivity contribution in [3.8, 4) is 17.2 Å². The Bertz CT molecular complexity index is 1200. The van der Waals surface area contributed by atoms with Crippen molar-refractivity contribution in [3.63, 3.8) is 0 Å². The SMILES string of the molecule is C[C@H](CO)N1C[C@H](C)[C@@H](CN(C)Cc2ccc(Oc3ccccc3)cc2)Oc2c(cccc2N(C)C)C1=O. The highest BCUT2D eigenvalue weighted by molar-refractivity contribution is 5.99. The molecule has 0 fully saturated rings. The molecular formula is C31H39N3O4. The minimum Gasteiger partial charge on any atom is -0.486 e. The lowest BCUT2D eigenvalue weighted by Gasteiger charge is -2.39. The summed E-state index contributed by atoms with van der Waals surface area (Å²) in [5.74, 6) is 2.16. The molecule has 0 saturated heterocycles. The monoisotopic (exact) mass is 517 g/mol. The number of aliphatic hydroxyl groups excluding tert-OH is 1. The van der Waals surface area contributed by atoms with Gasteiger partial charge in [0.25, 0.3) is 5.91 Å². The Morgan fingerprint density at radius 1 is 1.00 bits per heavy atom. The fraction of sp³-hybridized carbons (Fsp3) is 0.387. The molecule has 3 atom stereocenters. The highest BCUT2D eigenvalue weighted by Crippen LogP contribution is 2.36. The molecule has 0 aliphatic carbocycles. The third-order valence-electron chi connectivity index (χ3n) is 7.00. The number of carbonyl (C=O) groups is 1. The Labute approximate surface area is 226 Å². The number of hydrogen-bond donors (Lipinski definition) is 1. The molecule has 0 saturated carbocycles. The van der Waals surface area contributed by atoms with Crippen LogP contribution in [0.15, 0.2) is 72.8 Å². The maximum absolute atomic E-state index is 13.5. The van der Waals surface area contributed by atoms with Gasteiger partial charge in [0.15, 0.2) is 5.75 Å². The van der Waals surface area contributed by atoms with E-state index in [1.807, 2.05) is 86.6 Å². The molecular weight excluding hydrogens is 478 g/mol. The van der Waals surface area contributed by atoms with E-state index in [0.717, 1.165) is 23.7 Å². The normalized spacial score (nSPS) is 18.3. The molecule has 1 heterocycles. The molecule has 202 valence electrons. The van der Waals surface area contributed by atoms with Crippen LogP contribution < -0.4 is 14.4 Å². The van der Waals surface area contributed by atoms with Crippen LogP contribution in [-0.4, -0.2) is 73.8 Å². The minimum atomic E-state index is -0.283. The molecule has 1 amide bonds. The lowest BCUT2D eigenvalue weighted by molar-refractivity contribution is 0.0343. The molecule has 0 spiro atoms. The van der Waals surface area contributed by atoms with Gasteiger partial charge >= 0.3 is 0 Å². The van der Waals surface area contributed by atoms with Gasteiger partial charge in [0.05, 0.1) is 23.9 Å². The first-order chi connectivity index (χ1) is 18.3. The van der Waals surface area contributed by atoms with Crippen molar-refractivity contribution < 1.29 is 19.4 Å². The molecule has 3 aromatic carbocycles. The van der Waals surface area contributed by atoms with E-state index >= 15 is 0 Å². The van der Waals surface area contributed by atoms with Gasteiger partial charge in [-0.2, -0.15) is 0 Å². The number of benzene rings is 3. The summed E-state index contributed by atoms with van der Waals surface area (Å²) in [5, 5.41) is 9.87. The quantitative estimate of drug-likeness (QED) is 0.436. The van der Waals surface area contributed by atoms with Crippen molar-refractivity contribution >= 4 is 11.6 Å². The summed E-state index contributed by atoms with van der Waals surface area (Å²) in [5.41, 5.74) is 2.57. The molecule has 0 radical (unpaired) electrons. The molecule has 1 aliphatic rings. The number of nitrogens with zero attached hydrogens (tertiary/aromatic N) is 3. The van der Waals surface area contributed by atoms with Crippen LogP contribution in [0.25, 0.3) is 0 Å². The number of carbonyl (C=O) groups excluding carboxylic acids is 1. The molecule has 1 aliphatic heterocycles. The number of anilines is 1.